The van der Waals surface area contributed by atoms with E-state index in [9.17, 15) is 19.2 Å². The Balaban J connectivity index is 0.663. The molecule has 10 rings (SSSR count). The van der Waals surface area contributed by atoms with Crippen LogP contribution in [0.5, 0.6) is 5.75 Å². The standard InChI is InChI=1S/C61H81ClN14O6/c1-60(2,3)82-59(80)68-61(20-26-74(27-21-61)56-49-16-22-63-55(49)64-42-65-56)58(79)67-50(45-10-13-48(62)14-11-45)19-23-70-32-34-73(35-33-70)54(77)41-72-30-28-71(29-31-72)39-44-17-24-75(25-18-44)57(78)46-12-15-51-52(38-46)76(43-66-51)40-47-8-6-7-9-53(47)81-37-36-69(4)5/h6-16,22,38,42-44,50H,17-21,23-37,39-41H2,1-5H3,(H,67,79)(H,68,80)(H,63,64,65)/t50-/m0/s1. The number of nitrogens with one attached hydrogen (secondary N) is 3. The number of alkyl carbamates (subject to hydrolysis) is 1. The van der Waals surface area contributed by atoms with Crippen LogP contribution in [-0.2, 0) is 20.9 Å². The van der Waals surface area contributed by atoms with E-state index in [-0.39, 0.29) is 23.8 Å². The van der Waals surface area contributed by atoms with Crippen molar-refractivity contribution in [2.75, 3.05) is 130 Å². The van der Waals surface area contributed by atoms with Crippen LogP contribution in [0.25, 0.3) is 22.1 Å². The number of carbonyl (C=O) groups excluding carboxylic acids is 4. The predicted molar refractivity (Wildman–Crippen MR) is 318 cm³/mol. The molecule has 0 unspecified atom stereocenters. The number of para-hydroxylation sites is 1. The van der Waals surface area contributed by atoms with Gasteiger partial charge in [0.15, 0.2) is 0 Å². The van der Waals surface area contributed by atoms with E-state index in [4.69, 9.17) is 21.1 Å². The molecular weight excluding hydrogens is 1060 g/mol. The number of rotatable bonds is 19. The predicted octanol–water partition coefficient (Wildman–Crippen LogP) is 6.38. The number of halogens is 1. The maximum Gasteiger partial charge on any atom is 0.408 e. The number of fused-ring (bicyclic) bond motifs is 2. The molecule has 4 fully saturated rings. The molecule has 4 amide bonds. The number of likely N-dealkylation sites (N-methyl/N-ethyl adjacent to an activating group) is 1. The second-order valence-electron chi connectivity index (χ2n) is 23.9. The number of carbonyl (C=O) groups is 4. The van der Waals surface area contributed by atoms with Crippen LogP contribution in [0.1, 0.15) is 80.4 Å². The van der Waals surface area contributed by atoms with E-state index in [1.54, 1.807) is 20.8 Å². The second kappa shape index (κ2) is 26.2. The minimum atomic E-state index is -1.24. The van der Waals surface area contributed by atoms with Crippen LogP contribution in [0.15, 0.2) is 91.6 Å². The molecular formula is C61H81ClN14O6. The van der Waals surface area contributed by atoms with Gasteiger partial charge in [0.05, 0.1) is 41.9 Å². The number of anilines is 1. The molecule has 0 bridgehead atoms. The van der Waals surface area contributed by atoms with Gasteiger partial charge in [0, 0.05) is 121 Å². The van der Waals surface area contributed by atoms with Crippen molar-refractivity contribution < 1.29 is 28.7 Å². The van der Waals surface area contributed by atoms with Crippen molar-refractivity contribution in [2.45, 2.75) is 76.6 Å². The Morgan fingerprint density at radius 2 is 1.54 bits per heavy atom. The minimum Gasteiger partial charge on any atom is -0.492 e. The topological polar surface area (TPSA) is 193 Å². The molecule has 21 heteroatoms. The van der Waals surface area contributed by atoms with Crippen molar-refractivity contribution in [2.24, 2.45) is 5.92 Å². The first-order valence-corrected chi connectivity index (χ1v) is 29.6. The van der Waals surface area contributed by atoms with E-state index >= 15 is 0 Å². The molecule has 0 saturated carbocycles. The Hall–Kier alpha value is -6.84. The molecule has 82 heavy (non-hydrogen) atoms. The van der Waals surface area contributed by atoms with Gasteiger partial charge in [0.1, 0.15) is 41.3 Å². The number of amides is 4. The lowest BCUT2D eigenvalue weighted by Gasteiger charge is -2.42. The number of H-pyrrole nitrogens is 1. The van der Waals surface area contributed by atoms with Gasteiger partial charge in [-0.1, -0.05) is 41.9 Å². The highest BCUT2D eigenvalue weighted by molar-refractivity contribution is 6.30. The first kappa shape index (κ1) is 58.4. The van der Waals surface area contributed by atoms with E-state index < -0.39 is 17.2 Å². The number of aromatic nitrogens is 5. The van der Waals surface area contributed by atoms with Gasteiger partial charge < -0.3 is 54.2 Å². The number of piperidine rings is 2. The SMILES string of the molecule is CN(C)CCOc1ccccc1Cn1cnc2ccc(C(=O)N3CCC(CN4CCN(CC(=O)N5CCN(CC[C@H](NC(=O)C6(NC(=O)OC(C)(C)C)CCN(c7ncnc8[nH]ccc78)CC6)c6ccc(Cl)cc6)CC5)CC4)CC3)cc21. The highest BCUT2D eigenvalue weighted by atomic mass is 35.5. The summed E-state index contributed by atoms with van der Waals surface area (Å²) < 4.78 is 13.9. The van der Waals surface area contributed by atoms with Crippen molar-refractivity contribution >= 4 is 63.3 Å². The number of nitrogens with zero attached hydrogens (tertiary/aromatic N) is 11. The molecule has 438 valence electrons. The van der Waals surface area contributed by atoms with Crippen molar-refractivity contribution in [1.29, 1.82) is 0 Å². The normalized spacial score (nSPS) is 18.3. The summed E-state index contributed by atoms with van der Waals surface area (Å²) in [6.07, 6.45) is 7.78. The molecule has 6 aromatic rings. The van der Waals surface area contributed by atoms with Gasteiger partial charge >= 0.3 is 6.09 Å². The van der Waals surface area contributed by atoms with E-state index in [1.165, 1.54) is 6.33 Å². The number of hydrogen-bond donors (Lipinski definition) is 3. The Labute approximate surface area is 486 Å². The fraction of sp³-hybridized carbons (Fsp3) is 0.525. The van der Waals surface area contributed by atoms with Gasteiger partial charge in [-0.2, -0.15) is 0 Å². The van der Waals surface area contributed by atoms with Gasteiger partial charge in [-0.3, -0.25) is 24.2 Å². The zero-order chi connectivity index (χ0) is 57.4. The van der Waals surface area contributed by atoms with Crippen LogP contribution >= 0.6 is 11.6 Å². The third-order valence-corrected chi connectivity index (χ3v) is 16.9. The molecule has 0 spiro atoms. The maximum absolute atomic E-state index is 14.8. The summed E-state index contributed by atoms with van der Waals surface area (Å²) in [5.74, 6) is 2.11. The number of benzene rings is 3. The van der Waals surface area contributed by atoms with E-state index in [0.717, 1.165) is 123 Å². The molecule has 0 aliphatic carbocycles. The van der Waals surface area contributed by atoms with Gasteiger partial charge in [-0.05, 0) is 121 Å². The average Bonchev–Trinajstić information content (AvgIpc) is 4.30. The lowest BCUT2D eigenvalue weighted by atomic mass is 9.85. The highest BCUT2D eigenvalue weighted by Crippen LogP contribution is 2.32. The molecule has 3 aromatic heterocycles. The molecule has 4 aliphatic heterocycles. The number of likely N-dealkylation sites (tertiary alicyclic amines) is 1. The Morgan fingerprint density at radius 1 is 0.817 bits per heavy atom. The Bertz CT molecular complexity index is 3130. The molecule has 4 saturated heterocycles. The summed E-state index contributed by atoms with van der Waals surface area (Å²) in [5.41, 5.74) is 3.19. The van der Waals surface area contributed by atoms with Crippen LogP contribution in [0, 0.1) is 5.92 Å². The minimum absolute atomic E-state index is 0.0661. The van der Waals surface area contributed by atoms with Gasteiger partial charge in [0.25, 0.3) is 5.91 Å². The fourth-order valence-corrected chi connectivity index (χ4v) is 12.0. The lowest BCUT2D eigenvalue weighted by Crippen LogP contribution is -2.64. The third kappa shape index (κ3) is 14.7. The van der Waals surface area contributed by atoms with Gasteiger partial charge in [-0.15, -0.1) is 0 Å². The molecule has 3 aromatic carbocycles. The molecule has 3 N–H and O–H groups in total. The largest absolute Gasteiger partial charge is 0.492 e. The van der Waals surface area contributed by atoms with E-state index in [2.05, 4.69) is 65.7 Å². The van der Waals surface area contributed by atoms with Crippen LogP contribution in [0.4, 0.5) is 10.6 Å². The van der Waals surface area contributed by atoms with Crippen LogP contribution in [0.3, 0.4) is 0 Å². The summed E-state index contributed by atoms with van der Waals surface area (Å²) in [4.78, 5) is 88.0. The molecule has 1 atom stereocenters. The van der Waals surface area contributed by atoms with E-state index in [0.29, 0.717) is 88.2 Å². The fourth-order valence-electron chi connectivity index (χ4n) is 11.9. The van der Waals surface area contributed by atoms with Crippen molar-refractivity contribution in [1.82, 2.24) is 64.5 Å². The smallest absolute Gasteiger partial charge is 0.408 e. The molecule has 20 nitrogen and oxygen atoms in total. The monoisotopic (exact) mass is 1140 g/mol. The van der Waals surface area contributed by atoms with Gasteiger partial charge in [0.2, 0.25) is 11.8 Å². The molecule has 0 radical (unpaired) electrons. The Morgan fingerprint density at radius 3 is 2.27 bits per heavy atom. The number of imidazole rings is 1. The Kier molecular flexibility index (Phi) is 18.6. The number of hydrogen-bond acceptors (Lipinski definition) is 14. The second-order valence-corrected chi connectivity index (χ2v) is 24.3. The number of aromatic amines is 1. The lowest BCUT2D eigenvalue weighted by molar-refractivity contribution is -0.134. The summed E-state index contributed by atoms with van der Waals surface area (Å²) in [6.45, 7) is 18.2. The zero-order valence-electron chi connectivity index (χ0n) is 48.3. The van der Waals surface area contributed by atoms with Crippen molar-refractivity contribution in [3.8, 4) is 5.75 Å². The van der Waals surface area contributed by atoms with Crippen molar-refractivity contribution in [3.63, 3.8) is 0 Å². The number of ether oxygens (including phenoxy) is 2. The van der Waals surface area contributed by atoms with Crippen LogP contribution in [0.2, 0.25) is 5.02 Å². The van der Waals surface area contributed by atoms with E-state index in [1.807, 2.05) is 103 Å². The summed E-state index contributed by atoms with van der Waals surface area (Å²) in [5, 5.41) is 7.87. The number of piperazine rings is 2. The quantitative estimate of drug-likeness (QED) is 0.0810. The van der Waals surface area contributed by atoms with Crippen LogP contribution < -0.4 is 20.3 Å². The van der Waals surface area contributed by atoms with Crippen molar-refractivity contribution in [3.05, 3.63) is 113 Å². The van der Waals surface area contributed by atoms with Crippen LogP contribution in [-0.4, -0.2) is 214 Å². The molecule has 7 heterocycles. The maximum atomic E-state index is 14.8. The summed E-state index contributed by atoms with van der Waals surface area (Å²) in [7, 11) is 4.07. The molecule has 4 aliphatic rings. The summed E-state index contributed by atoms with van der Waals surface area (Å²) >= 11 is 6.35. The average molecular weight is 1140 g/mol. The third-order valence-electron chi connectivity index (χ3n) is 16.7. The highest BCUT2D eigenvalue weighted by Gasteiger charge is 2.45. The first-order valence-electron chi connectivity index (χ1n) is 29.2. The zero-order valence-corrected chi connectivity index (χ0v) is 49.1. The van der Waals surface area contributed by atoms with Gasteiger partial charge in [-0.25, -0.2) is 19.7 Å². The first-order chi connectivity index (χ1) is 39.5. The summed E-state index contributed by atoms with van der Waals surface area (Å²) in [6, 6.07) is 23.1.